The normalized spacial score (nSPS) is 12.3. The predicted molar refractivity (Wildman–Crippen MR) is 127 cm³/mol. The molecule has 0 saturated heterocycles. The molecular weight excluding hydrogens is 442 g/mol. The SMILES string of the molecule is CCCNC(=O)C(C)N(Cc1ccc(OC)cc1)C(=O)CN(C)S(=O)(=O)c1ccc(C)cc1. The first kappa shape index (κ1) is 26.3. The predicted octanol–water partition coefficient (Wildman–Crippen LogP) is 2.57. The van der Waals surface area contributed by atoms with Gasteiger partial charge in [0, 0.05) is 20.1 Å². The highest BCUT2D eigenvalue weighted by Crippen LogP contribution is 2.18. The van der Waals surface area contributed by atoms with E-state index in [4.69, 9.17) is 4.74 Å². The Labute approximate surface area is 196 Å². The topological polar surface area (TPSA) is 96.0 Å². The molecule has 0 aromatic heterocycles. The smallest absolute Gasteiger partial charge is 0.243 e. The van der Waals surface area contributed by atoms with Crippen molar-refractivity contribution in [2.75, 3.05) is 27.2 Å². The second kappa shape index (κ2) is 11.8. The lowest BCUT2D eigenvalue weighted by molar-refractivity contribution is -0.140. The first-order chi connectivity index (χ1) is 15.6. The maximum atomic E-state index is 13.2. The van der Waals surface area contributed by atoms with Gasteiger partial charge in [0.15, 0.2) is 0 Å². The van der Waals surface area contributed by atoms with Crippen LogP contribution in [0.25, 0.3) is 0 Å². The monoisotopic (exact) mass is 475 g/mol. The van der Waals surface area contributed by atoms with Crippen LogP contribution in [0.1, 0.15) is 31.4 Å². The molecule has 0 saturated carbocycles. The van der Waals surface area contributed by atoms with Gasteiger partial charge in [-0.2, -0.15) is 4.31 Å². The molecule has 1 unspecified atom stereocenters. The Hall–Kier alpha value is -2.91. The molecule has 0 bridgehead atoms. The highest BCUT2D eigenvalue weighted by Gasteiger charge is 2.30. The minimum Gasteiger partial charge on any atom is -0.497 e. The Bertz CT molecular complexity index is 1040. The van der Waals surface area contributed by atoms with E-state index in [0.29, 0.717) is 12.3 Å². The van der Waals surface area contributed by atoms with E-state index in [0.717, 1.165) is 21.9 Å². The van der Waals surface area contributed by atoms with Crippen LogP contribution in [0.4, 0.5) is 0 Å². The zero-order valence-electron chi connectivity index (χ0n) is 19.9. The minimum absolute atomic E-state index is 0.110. The van der Waals surface area contributed by atoms with Gasteiger partial charge in [0.25, 0.3) is 0 Å². The van der Waals surface area contributed by atoms with E-state index < -0.39 is 28.5 Å². The summed E-state index contributed by atoms with van der Waals surface area (Å²) >= 11 is 0. The van der Waals surface area contributed by atoms with Crippen molar-refractivity contribution in [2.24, 2.45) is 0 Å². The summed E-state index contributed by atoms with van der Waals surface area (Å²) in [6.07, 6.45) is 0.766. The van der Waals surface area contributed by atoms with Gasteiger partial charge in [0.2, 0.25) is 21.8 Å². The number of hydrogen-bond donors (Lipinski definition) is 1. The van der Waals surface area contributed by atoms with Gasteiger partial charge >= 0.3 is 0 Å². The van der Waals surface area contributed by atoms with Crippen LogP contribution in [0, 0.1) is 6.92 Å². The Morgan fingerprint density at radius 1 is 1.06 bits per heavy atom. The third-order valence-corrected chi connectivity index (χ3v) is 7.13. The van der Waals surface area contributed by atoms with Gasteiger partial charge in [-0.05, 0) is 50.1 Å². The minimum atomic E-state index is -3.86. The van der Waals surface area contributed by atoms with Gasteiger partial charge in [-0.1, -0.05) is 36.8 Å². The van der Waals surface area contributed by atoms with Crippen LogP contribution in [0.15, 0.2) is 53.4 Å². The van der Waals surface area contributed by atoms with Crippen molar-refractivity contribution in [3.63, 3.8) is 0 Å². The van der Waals surface area contributed by atoms with Crippen LogP contribution in [0.2, 0.25) is 0 Å². The molecule has 9 heteroatoms. The third-order valence-electron chi connectivity index (χ3n) is 5.32. The Morgan fingerprint density at radius 2 is 1.67 bits per heavy atom. The number of likely N-dealkylation sites (N-methyl/N-ethyl adjacent to an activating group) is 1. The largest absolute Gasteiger partial charge is 0.497 e. The van der Waals surface area contributed by atoms with Crippen molar-refractivity contribution in [1.29, 1.82) is 0 Å². The molecule has 1 atom stereocenters. The molecule has 2 rings (SSSR count). The van der Waals surface area contributed by atoms with E-state index in [9.17, 15) is 18.0 Å². The molecule has 0 spiro atoms. The van der Waals surface area contributed by atoms with E-state index >= 15 is 0 Å². The van der Waals surface area contributed by atoms with Gasteiger partial charge in [0.1, 0.15) is 11.8 Å². The molecular formula is C24H33N3O5S. The molecule has 0 aliphatic carbocycles. The molecule has 0 aliphatic heterocycles. The summed E-state index contributed by atoms with van der Waals surface area (Å²) in [5.41, 5.74) is 1.73. The number of carbonyl (C=O) groups is 2. The number of nitrogens with one attached hydrogen (secondary N) is 1. The summed E-state index contributed by atoms with van der Waals surface area (Å²) in [5.74, 6) is -0.0831. The second-order valence-electron chi connectivity index (χ2n) is 7.91. The average molecular weight is 476 g/mol. The van der Waals surface area contributed by atoms with E-state index in [2.05, 4.69) is 5.32 Å². The quantitative estimate of drug-likeness (QED) is 0.539. The number of methoxy groups -OCH3 is 1. The fraction of sp³-hybridized carbons (Fsp3) is 0.417. The number of hydrogen-bond acceptors (Lipinski definition) is 5. The lowest BCUT2D eigenvalue weighted by Gasteiger charge is -2.30. The zero-order chi connectivity index (χ0) is 24.6. The van der Waals surface area contributed by atoms with Gasteiger partial charge < -0.3 is 15.0 Å². The van der Waals surface area contributed by atoms with Crippen LogP contribution >= 0.6 is 0 Å². The molecule has 1 N–H and O–H groups in total. The number of nitrogens with zero attached hydrogens (tertiary/aromatic N) is 2. The lowest BCUT2D eigenvalue weighted by Crippen LogP contribution is -2.50. The highest BCUT2D eigenvalue weighted by molar-refractivity contribution is 7.89. The molecule has 2 aromatic rings. The van der Waals surface area contributed by atoms with Gasteiger partial charge in [-0.15, -0.1) is 0 Å². The van der Waals surface area contributed by atoms with E-state index in [-0.39, 0.29) is 17.3 Å². The van der Waals surface area contributed by atoms with Crippen molar-refractivity contribution >= 4 is 21.8 Å². The summed E-state index contributed by atoms with van der Waals surface area (Å²) < 4.78 is 32.1. The fourth-order valence-electron chi connectivity index (χ4n) is 3.16. The van der Waals surface area contributed by atoms with Crippen molar-refractivity contribution in [1.82, 2.24) is 14.5 Å². The first-order valence-electron chi connectivity index (χ1n) is 10.8. The molecule has 8 nitrogen and oxygen atoms in total. The number of benzene rings is 2. The standard InChI is InChI=1S/C24H33N3O5S/c1-6-15-25-24(29)19(3)27(16-20-9-11-21(32-5)12-10-20)23(28)17-26(4)33(30,31)22-13-7-18(2)8-14-22/h7-14,19H,6,15-17H2,1-5H3,(H,25,29). The summed E-state index contributed by atoms with van der Waals surface area (Å²) in [5, 5.41) is 2.80. The van der Waals surface area contributed by atoms with Crippen molar-refractivity contribution in [3.8, 4) is 5.75 Å². The van der Waals surface area contributed by atoms with E-state index in [1.54, 1.807) is 38.3 Å². The van der Waals surface area contributed by atoms with Crippen molar-refractivity contribution in [3.05, 3.63) is 59.7 Å². The number of amides is 2. The van der Waals surface area contributed by atoms with Gasteiger partial charge in [0.05, 0.1) is 18.6 Å². The number of rotatable bonds is 11. The maximum Gasteiger partial charge on any atom is 0.243 e. The average Bonchev–Trinajstić information content (AvgIpc) is 2.81. The summed E-state index contributed by atoms with van der Waals surface area (Å²) in [4.78, 5) is 27.4. The van der Waals surface area contributed by atoms with E-state index in [1.165, 1.54) is 24.1 Å². The molecule has 0 heterocycles. The molecule has 180 valence electrons. The van der Waals surface area contributed by atoms with Crippen molar-refractivity contribution < 1.29 is 22.7 Å². The molecule has 0 aliphatic rings. The first-order valence-corrected chi connectivity index (χ1v) is 12.3. The van der Waals surface area contributed by atoms with Gasteiger partial charge in [-0.25, -0.2) is 8.42 Å². The Morgan fingerprint density at radius 3 is 2.21 bits per heavy atom. The third kappa shape index (κ3) is 7.03. The fourth-order valence-corrected chi connectivity index (χ4v) is 4.28. The van der Waals surface area contributed by atoms with Crippen LogP contribution < -0.4 is 10.1 Å². The summed E-state index contributed by atoms with van der Waals surface area (Å²) in [7, 11) is -0.931. The zero-order valence-corrected chi connectivity index (χ0v) is 20.7. The van der Waals surface area contributed by atoms with Crippen LogP contribution in [0.3, 0.4) is 0 Å². The molecule has 2 aromatic carbocycles. The summed E-state index contributed by atoms with van der Waals surface area (Å²) in [6.45, 7) is 5.71. The molecule has 33 heavy (non-hydrogen) atoms. The molecule has 0 radical (unpaired) electrons. The Balaban J connectivity index is 2.25. The van der Waals surface area contributed by atoms with Crippen LogP contribution in [-0.2, 0) is 26.2 Å². The van der Waals surface area contributed by atoms with Crippen LogP contribution in [0.5, 0.6) is 5.75 Å². The molecule has 2 amide bonds. The van der Waals surface area contributed by atoms with E-state index in [1.807, 2.05) is 26.0 Å². The van der Waals surface area contributed by atoms with Gasteiger partial charge in [-0.3, -0.25) is 9.59 Å². The summed E-state index contributed by atoms with van der Waals surface area (Å²) in [6, 6.07) is 12.8. The Kier molecular flexibility index (Phi) is 9.43. The molecule has 0 fully saturated rings. The maximum absolute atomic E-state index is 13.2. The highest BCUT2D eigenvalue weighted by atomic mass is 32.2. The van der Waals surface area contributed by atoms with Crippen LogP contribution in [-0.4, -0.2) is 62.7 Å². The lowest BCUT2D eigenvalue weighted by atomic mass is 10.1. The van der Waals surface area contributed by atoms with Crippen molar-refractivity contribution in [2.45, 2.75) is 44.7 Å². The number of aryl methyl sites for hydroxylation is 1. The second-order valence-corrected chi connectivity index (χ2v) is 9.96. The number of carbonyl (C=O) groups excluding carboxylic acids is 2. The number of ether oxygens (including phenoxy) is 1. The number of sulfonamides is 1.